The molecule has 1 N–H and O–H groups in total. The maximum absolute atomic E-state index is 8.84. The minimum absolute atomic E-state index is 0.193. The van der Waals surface area contributed by atoms with E-state index in [1.165, 1.54) is 12.8 Å². The molecule has 1 atom stereocenters. The van der Waals surface area contributed by atoms with Crippen LogP contribution in [-0.2, 0) is 4.84 Å². The molecule has 0 saturated carbocycles. The van der Waals surface area contributed by atoms with Crippen LogP contribution in [0.15, 0.2) is 0 Å². The number of aliphatic hydroxyl groups is 1. The van der Waals surface area contributed by atoms with Crippen molar-refractivity contribution in [1.29, 1.82) is 0 Å². The summed E-state index contributed by atoms with van der Waals surface area (Å²) >= 11 is 0. The lowest BCUT2D eigenvalue weighted by molar-refractivity contribution is -1.09. The van der Waals surface area contributed by atoms with Gasteiger partial charge in [-0.05, 0) is 13.3 Å². The van der Waals surface area contributed by atoms with Crippen LogP contribution >= 0.6 is 0 Å². The van der Waals surface area contributed by atoms with Gasteiger partial charge in [-0.3, -0.25) is 0 Å². The molecule has 13 heavy (non-hydrogen) atoms. The molecule has 0 aromatic heterocycles. The van der Waals surface area contributed by atoms with E-state index in [2.05, 4.69) is 13.8 Å². The Balaban J connectivity index is 3.57. The molecule has 0 bridgehead atoms. The number of hydrogen-bond acceptors (Lipinski definition) is 2. The molecule has 0 saturated heterocycles. The zero-order valence-electron chi connectivity index (χ0n) is 9.25. The van der Waals surface area contributed by atoms with Gasteiger partial charge < -0.3 is 5.11 Å². The molecule has 0 radical (unpaired) electrons. The summed E-state index contributed by atoms with van der Waals surface area (Å²) in [5.41, 5.74) is 0. The minimum Gasteiger partial charge on any atom is -0.390 e. The van der Waals surface area contributed by atoms with E-state index in [0.29, 0.717) is 11.2 Å². The van der Waals surface area contributed by atoms with Crippen molar-refractivity contribution in [3.63, 3.8) is 0 Å². The predicted molar refractivity (Wildman–Crippen MR) is 54.2 cm³/mol. The van der Waals surface area contributed by atoms with E-state index in [9.17, 15) is 0 Å². The van der Waals surface area contributed by atoms with E-state index in [1.807, 2.05) is 7.05 Å². The van der Waals surface area contributed by atoms with E-state index in [4.69, 9.17) is 9.94 Å². The first kappa shape index (κ1) is 12.9. The highest BCUT2D eigenvalue weighted by Crippen LogP contribution is 2.05. The Morgan fingerprint density at radius 3 is 2.38 bits per heavy atom. The van der Waals surface area contributed by atoms with E-state index < -0.39 is 0 Å². The molecule has 0 aromatic rings. The van der Waals surface area contributed by atoms with Crippen molar-refractivity contribution in [3.8, 4) is 0 Å². The van der Waals surface area contributed by atoms with Crippen molar-refractivity contribution in [3.05, 3.63) is 0 Å². The van der Waals surface area contributed by atoms with Crippen LogP contribution in [0.4, 0.5) is 0 Å². The molecule has 0 fully saturated rings. The number of nitrogens with zero attached hydrogens (tertiary/aromatic N) is 1. The fourth-order valence-electron chi connectivity index (χ4n) is 1.16. The van der Waals surface area contributed by atoms with Crippen molar-refractivity contribution >= 4 is 0 Å². The van der Waals surface area contributed by atoms with Crippen LogP contribution in [0.2, 0.25) is 0 Å². The predicted octanol–water partition coefficient (Wildman–Crippen LogP) is 1.57. The molecule has 80 valence electrons. The molecule has 0 heterocycles. The van der Waals surface area contributed by atoms with Gasteiger partial charge in [0.25, 0.3) is 0 Å². The molecule has 3 nitrogen and oxygen atoms in total. The topological polar surface area (TPSA) is 29.5 Å². The first-order valence-electron chi connectivity index (χ1n) is 5.28. The SMILES string of the molecule is CCCCCO[N+](C)(CC)CCO. The Kier molecular flexibility index (Phi) is 7.23. The zero-order valence-corrected chi connectivity index (χ0v) is 9.25. The molecule has 0 rings (SSSR count). The summed E-state index contributed by atoms with van der Waals surface area (Å²) in [4.78, 5) is 5.70. The fraction of sp³-hybridized carbons (Fsp3) is 1.00. The third-order valence-corrected chi connectivity index (χ3v) is 2.39. The van der Waals surface area contributed by atoms with Gasteiger partial charge >= 0.3 is 0 Å². The molecule has 1 unspecified atom stereocenters. The average molecular weight is 190 g/mol. The van der Waals surface area contributed by atoms with Gasteiger partial charge in [0.15, 0.2) is 0 Å². The van der Waals surface area contributed by atoms with E-state index in [0.717, 1.165) is 19.6 Å². The number of aliphatic hydroxyl groups excluding tert-OH is 1. The number of rotatable bonds is 8. The number of likely N-dealkylation sites (N-methyl/N-ethyl adjacent to an activating group) is 1. The Morgan fingerprint density at radius 1 is 1.23 bits per heavy atom. The molecule has 0 aliphatic heterocycles. The van der Waals surface area contributed by atoms with Gasteiger partial charge in [-0.15, -0.1) is 0 Å². The van der Waals surface area contributed by atoms with E-state index >= 15 is 0 Å². The first-order valence-corrected chi connectivity index (χ1v) is 5.28. The Bertz CT molecular complexity index is 119. The largest absolute Gasteiger partial charge is 0.390 e. The Labute approximate surface area is 81.9 Å². The van der Waals surface area contributed by atoms with Crippen molar-refractivity contribution in [2.75, 3.05) is 33.4 Å². The quantitative estimate of drug-likeness (QED) is 0.357. The monoisotopic (exact) mass is 190 g/mol. The second-order valence-corrected chi connectivity index (χ2v) is 3.60. The van der Waals surface area contributed by atoms with Crippen LogP contribution in [0.3, 0.4) is 0 Å². The highest BCUT2D eigenvalue weighted by Gasteiger charge is 2.19. The van der Waals surface area contributed by atoms with E-state index in [1.54, 1.807) is 0 Å². The summed E-state index contributed by atoms with van der Waals surface area (Å²) in [5.74, 6) is 0. The number of hydroxylamine groups is 3. The fourth-order valence-corrected chi connectivity index (χ4v) is 1.16. The van der Waals surface area contributed by atoms with Crippen molar-refractivity contribution in [2.45, 2.75) is 33.1 Å². The summed E-state index contributed by atoms with van der Waals surface area (Å²) in [5, 5.41) is 8.84. The number of hydrogen-bond donors (Lipinski definition) is 1. The lowest BCUT2D eigenvalue weighted by atomic mass is 10.3. The first-order chi connectivity index (χ1) is 6.18. The van der Waals surface area contributed by atoms with Gasteiger partial charge in [0.1, 0.15) is 19.7 Å². The van der Waals surface area contributed by atoms with E-state index in [-0.39, 0.29) is 6.61 Å². The van der Waals surface area contributed by atoms with Gasteiger partial charge in [-0.2, -0.15) is 4.65 Å². The van der Waals surface area contributed by atoms with Crippen molar-refractivity contribution in [1.82, 2.24) is 0 Å². The van der Waals surface area contributed by atoms with Crippen LogP contribution in [0.1, 0.15) is 33.1 Å². The summed E-state index contributed by atoms with van der Waals surface area (Å²) in [6.45, 7) is 6.85. The summed E-state index contributed by atoms with van der Waals surface area (Å²) < 4.78 is 0.528. The molecule has 0 aliphatic rings. The van der Waals surface area contributed by atoms with Gasteiger partial charge in [0.05, 0.1) is 13.7 Å². The molecule has 3 heteroatoms. The smallest absolute Gasteiger partial charge is 0.132 e. The summed E-state index contributed by atoms with van der Waals surface area (Å²) in [6, 6.07) is 0. The average Bonchev–Trinajstić information content (AvgIpc) is 2.13. The van der Waals surface area contributed by atoms with Gasteiger partial charge in [-0.1, -0.05) is 19.8 Å². The summed E-state index contributed by atoms with van der Waals surface area (Å²) in [6.07, 6.45) is 3.57. The lowest BCUT2D eigenvalue weighted by Gasteiger charge is -2.29. The zero-order chi connectivity index (χ0) is 10.2. The lowest BCUT2D eigenvalue weighted by Crippen LogP contribution is -2.45. The van der Waals surface area contributed by atoms with Crippen LogP contribution < -0.4 is 0 Å². The molecule has 0 amide bonds. The third-order valence-electron chi connectivity index (χ3n) is 2.39. The van der Waals surface area contributed by atoms with Gasteiger partial charge in [0, 0.05) is 0 Å². The minimum atomic E-state index is 0.193. The second kappa shape index (κ2) is 7.30. The second-order valence-electron chi connectivity index (χ2n) is 3.60. The Hall–Kier alpha value is -0.120. The van der Waals surface area contributed by atoms with Crippen LogP contribution in [0, 0.1) is 0 Å². The van der Waals surface area contributed by atoms with Crippen LogP contribution in [0.5, 0.6) is 0 Å². The van der Waals surface area contributed by atoms with Crippen LogP contribution in [0.25, 0.3) is 0 Å². The molecular formula is C10H24NO2+. The highest BCUT2D eigenvalue weighted by molar-refractivity contribution is 4.33. The maximum atomic E-state index is 8.84. The standard InChI is InChI=1S/C10H24NO2/c1-4-6-7-10-13-11(3,5-2)8-9-12/h12H,4-10H2,1-3H3/q+1. The highest BCUT2D eigenvalue weighted by atomic mass is 16.7. The van der Waals surface area contributed by atoms with Gasteiger partial charge in [0.2, 0.25) is 0 Å². The number of quaternary nitrogens is 1. The van der Waals surface area contributed by atoms with Crippen molar-refractivity contribution in [2.24, 2.45) is 0 Å². The van der Waals surface area contributed by atoms with Gasteiger partial charge in [-0.25, -0.2) is 4.84 Å². The molecule has 0 aromatic carbocycles. The summed E-state index contributed by atoms with van der Waals surface area (Å²) in [7, 11) is 2.02. The maximum Gasteiger partial charge on any atom is 0.132 e. The normalized spacial score (nSPS) is 15.7. The molecular weight excluding hydrogens is 166 g/mol. The molecule has 0 spiro atoms. The number of unbranched alkanes of at least 4 members (excludes halogenated alkanes) is 2. The Morgan fingerprint density at radius 2 is 1.92 bits per heavy atom. The van der Waals surface area contributed by atoms with Crippen LogP contribution in [-0.4, -0.2) is 43.1 Å². The molecule has 0 aliphatic carbocycles. The third kappa shape index (κ3) is 6.02. The van der Waals surface area contributed by atoms with Crippen molar-refractivity contribution < 1.29 is 14.6 Å².